The van der Waals surface area contributed by atoms with Crippen molar-refractivity contribution < 1.29 is 37.4 Å². The van der Waals surface area contributed by atoms with Gasteiger partial charge in [-0.25, -0.2) is 0 Å². The van der Waals surface area contributed by atoms with E-state index in [2.05, 4.69) is 38.3 Å². The first kappa shape index (κ1) is 28.3. The van der Waals surface area contributed by atoms with Crippen LogP contribution in [0.3, 0.4) is 0 Å². The Morgan fingerprint density at radius 1 is 0.913 bits per heavy atom. The monoisotopic (exact) mass is 426 g/mol. The van der Waals surface area contributed by atoms with Gasteiger partial charge in [-0.3, -0.25) is 0 Å². The van der Waals surface area contributed by atoms with Crippen molar-refractivity contribution >= 4 is 8.60 Å². The van der Waals surface area contributed by atoms with Gasteiger partial charge in [-0.05, 0) is 32.1 Å². The second-order valence-corrected chi connectivity index (χ2v) is 6.25. The van der Waals surface area contributed by atoms with E-state index in [1.807, 2.05) is 51.3 Å². The van der Waals surface area contributed by atoms with E-state index in [1.165, 1.54) is 25.7 Å². The maximum Gasteiger partial charge on any atom is -0.0312 e. The Morgan fingerprint density at radius 3 is 1.35 bits per heavy atom. The molecule has 1 rings (SSSR count). The fourth-order valence-corrected chi connectivity index (χ4v) is 2.53. The van der Waals surface area contributed by atoms with Crippen LogP contribution in [-0.2, 0) is 37.4 Å². The first-order chi connectivity index (χ1) is 11.2. The maximum atomic E-state index is 7.50. The molecule has 0 bridgehead atoms. The zero-order valence-electron chi connectivity index (χ0n) is 14.8. The van der Waals surface area contributed by atoms with E-state index in [1.54, 1.807) is 21.3 Å². The summed E-state index contributed by atoms with van der Waals surface area (Å²) in [4.78, 5) is 0. The molecule has 0 aliphatic heterocycles. The molecule has 4 nitrogen and oxygen atoms in total. The van der Waals surface area contributed by atoms with Crippen LogP contribution in [0.25, 0.3) is 0 Å². The number of hydrogen-bond acceptors (Lipinski definition) is 3. The van der Waals surface area contributed by atoms with Gasteiger partial charge in [-0.1, -0.05) is 0 Å². The molecular formula is C17H29MoO4P+. The molecule has 131 valence electrons. The summed E-state index contributed by atoms with van der Waals surface area (Å²) in [5, 5.41) is 0. The molecule has 0 heterocycles. The van der Waals surface area contributed by atoms with Crippen molar-refractivity contribution in [2.75, 3.05) is 21.3 Å². The molecule has 0 amide bonds. The van der Waals surface area contributed by atoms with E-state index in [-0.39, 0.29) is 0 Å². The Hall–Kier alpha value is 0.518. The Labute approximate surface area is 155 Å². The van der Waals surface area contributed by atoms with Crippen LogP contribution in [-0.4, -0.2) is 21.3 Å². The van der Waals surface area contributed by atoms with Crippen molar-refractivity contribution in [1.82, 2.24) is 0 Å². The summed E-state index contributed by atoms with van der Waals surface area (Å²) in [6, 6.07) is 0. The van der Waals surface area contributed by atoms with Gasteiger partial charge in [-0.2, -0.15) is 0 Å². The summed E-state index contributed by atoms with van der Waals surface area (Å²) in [6.07, 6.45) is 15.2. The molecule has 0 unspecified atom stereocenters. The van der Waals surface area contributed by atoms with Crippen LogP contribution < -0.4 is 0 Å². The minimum Gasteiger partial charge on any atom is -0.0312 e. The molecule has 1 saturated carbocycles. The van der Waals surface area contributed by atoms with Crippen LogP contribution in [0.4, 0.5) is 0 Å². The van der Waals surface area contributed by atoms with Crippen LogP contribution in [0.2, 0.25) is 0 Å². The first-order valence-corrected chi connectivity index (χ1v) is 9.47. The van der Waals surface area contributed by atoms with Crippen molar-refractivity contribution in [3.8, 4) is 4.20 Å². The molecule has 0 saturated heterocycles. The molecule has 6 heteroatoms. The fraction of sp³-hybridized carbons (Fsp3) is 0.588. The van der Waals surface area contributed by atoms with E-state index in [9.17, 15) is 0 Å². The minimum atomic E-state index is -1.05. The molecule has 0 aromatic carbocycles. The smallest absolute Gasteiger partial charge is 0.0312 e. The van der Waals surface area contributed by atoms with Gasteiger partial charge in [0.1, 0.15) is 0 Å². The van der Waals surface area contributed by atoms with Gasteiger partial charge in [0.15, 0.2) is 0 Å². The van der Waals surface area contributed by atoms with E-state index in [0.29, 0.717) is 0 Å². The second kappa shape index (κ2) is 27.4. The average Bonchev–Trinajstić information content (AvgIpc) is 3.18. The third-order valence-electron chi connectivity index (χ3n) is 2.44. The van der Waals surface area contributed by atoms with E-state index >= 15 is 0 Å². The third-order valence-corrected chi connectivity index (χ3v) is 4.16. The quantitative estimate of drug-likeness (QED) is 0.254. The number of rotatable bonds is 7. The van der Waals surface area contributed by atoms with Gasteiger partial charge in [0.05, 0.1) is 0 Å². The summed E-state index contributed by atoms with van der Waals surface area (Å²) >= 11 is 1.99. The van der Waals surface area contributed by atoms with Crippen molar-refractivity contribution in [2.24, 2.45) is 5.92 Å². The van der Waals surface area contributed by atoms with Gasteiger partial charge in [0.25, 0.3) is 0 Å². The molecule has 0 aromatic heterocycles. The molecule has 0 N–H and O–H groups in total. The predicted octanol–water partition coefficient (Wildman–Crippen LogP) is 4.85. The Balaban J connectivity index is -0.000000254. The zero-order valence-corrected chi connectivity index (χ0v) is 17.7. The van der Waals surface area contributed by atoms with Crippen LogP contribution >= 0.6 is 8.60 Å². The second-order valence-electron chi connectivity index (χ2n) is 4.13. The topological polar surface area (TPSA) is 47.6 Å². The first-order valence-electron chi connectivity index (χ1n) is 7.37. The largest absolute Gasteiger partial charge is 0.0312 e. The molecule has 1 fully saturated rings. The summed E-state index contributed by atoms with van der Waals surface area (Å²) < 4.78 is 24.8. The molecule has 23 heavy (non-hydrogen) atoms. The normalized spacial score (nSPS) is 12.2. The minimum absolute atomic E-state index is 0.768. The van der Waals surface area contributed by atoms with Crippen molar-refractivity contribution in [3.63, 3.8) is 0 Å². The van der Waals surface area contributed by atoms with Gasteiger partial charge >= 0.3 is 88.7 Å². The van der Waals surface area contributed by atoms with Gasteiger partial charge in [0.2, 0.25) is 0 Å². The van der Waals surface area contributed by atoms with Gasteiger partial charge < -0.3 is 13.6 Å². The molecular weight excluding hydrogens is 395 g/mol. The molecule has 1 aliphatic carbocycles. The Kier molecular flexibility index (Phi) is 33.7. The molecule has 0 atom stereocenters. The fourth-order valence-electron chi connectivity index (χ4n) is 1.50. The van der Waals surface area contributed by atoms with E-state index < -0.39 is 8.60 Å². The van der Waals surface area contributed by atoms with Crippen LogP contribution in [0.1, 0.15) is 39.5 Å². The van der Waals surface area contributed by atoms with Crippen LogP contribution in [0.15, 0.2) is 0 Å². The predicted molar refractivity (Wildman–Crippen MR) is 90.6 cm³/mol. The Bertz CT molecular complexity index is 242. The van der Waals surface area contributed by atoms with Crippen LogP contribution in [0, 0.1) is 48.9 Å². The molecule has 5 radical (unpaired) electrons. The Morgan fingerprint density at radius 2 is 1.22 bits per heavy atom. The molecule has 1 aliphatic rings. The maximum absolute atomic E-state index is 7.50. The standard InChI is InChI=1S/C8H15.C5H5.C3H9O3P.CO.Mo/c1-4-6-8(3)7-5-2;1-2-4-5-3-1;1-4-7(5-2)6-3;1-2;/h8H,4-7H2,1-2H3;1-5H;1-3H3;;/q;;;;+1. The third kappa shape index (κ3) is 24.9. The van der Waals surface area contributed by atoms with Crippen molar-refractivity contribution in [2.45, 2.75) is 39.5 Å². The summed E-state index contributed by atoms with van der Waals surface area (Å²) in [6.45, 7) is 8.97. The van der Waals surface area contributed by atoms with Crippen LogP contribution in [0.5, 0.6) is 0 Å². The van der Waals surface area contributed by atoms with E-state index in [0.717, 1.165) is 5.92 Å². The summed E-state index contributed by atoms with van der Waals surface area (Å²) in [5.41, 5.74) is 0. The zero-order chi connectivity index (χ0) is 18.3. The molecule has 0 aromatic rings. The molecule has 0 spiro atoms. The summed E-state index contributed by atoms with van der Waals surface area (Å²) in [7, 11) is 3.57. The number of hydrogen-bond donors (Lipinski definition) is 0. The van der Waals surface area contributed by atoms with Gasteiger partial charge in [-0.15, -0.1) is 0 Å². The van der Waals surface area contributed by atoms with Crippen molar-refractivity contribution in [1.29, 1.82) is 0 Å². The van der Waals surface area contributed by atoms with Crippen molar-refractivity contribution in [3.05, 3.63) is 38.8 Å². The SMILES string of the molecule is CCCC([C]#[Mo+])CCC.COP(OC)OC.[C-]#[O+].[CH]1[CH][CH][CH][CH]1. The summed E-state index contributed by atoms with van der Waals surface area (Å²) in [5.74, 6) is 0.768. The van der Waals surface area contributed by atoms with Gasteiger partial charge in [0, 0.05) is 21.3 Å². The van der Waals surface area contributed by atoms with E-state index in [4.69, 9.17) is 4.65 Å². The average molecular weight is 424 g/mol.